The molecule has 2 aliphatic rings. The van der Waals surface area contributed by atoms with Gasteiger partial charge >= 0.3 is 26.2 Å². The number of hydrogen-bond acceptors (Lipinski definition) is 0. The molecular formula is C12H16Zr. The van der Waals surface area contributed by atoms with Gasteiger partial charge in [0.05, 0.1) is 0 Å². The van der Waals surface area contributed by atoms with Gasteiger partial charge in [0.25, 0.3) is 0 Å². The van der Waals surface area contributed by atoms with E-state index in [0.29, 0.717) is 0 Å². The average Bonchev–Trinajstić information content (AvgIpc) is 2.67. The Kier molecular flexibility index (Phi) is 7.18. The van der Waals surface area contributed by atoms with E-state index < -0.39 is 0 Å². The zero-order valence-corrected chi connectivity index (χ0v) is 10.7. The molecule has 13 heavy (non-hydrogen) atoms. The van der Waals surface area contributed by atoms with Crippen LogP contribution in [-0.4, -0.2) is 0 Å². The van der Waals surface area contributed by atoms with Gasteiger partial charge < -0.3 is 2.85 Å². The summed E-state index contributed by atoms with van der Waals surface area (Å²) in [5.74, 6) is 0. The Hall–Kier alpha value is -0.157. The summed E-state index contributed by atoms with van der Waals surface area (Å²) in [5.41, 5.74) is 2.71. The average molecular weight is 251 g/mol. The van der Waals surface area contributed by atoms with Crippen molar-refractivity contribution >= 4 is 0 Å². The fourth-order valence-electron chi connectivity index (χ4n) is 0.990. The van der Waals surface area contributed by atoms with Crippen molar-refractivity contribution in [3.8, 4) is 0 Å². The smallest absolute Gasteiger partial charge is 1.00 e. The van der Waals surface area contributed by atoms with Crippen molar-refractivity contribution in [2.45, 2.75) is 26.7 Å². The predicted octanol–water partition coefficient (Wildman–Crippen LogP) is 3.61. The molecule has 0 saturated carbocycles. The molecule has 0 fully saturated rings. The molecule has 0 atom stereocenters. The van der Waals surface area contributed by atoms with E-state index in [2.05, 4.69) is 38.2 Å². The molecule has 0 aromatic carbocycles. The Morgan fingerprint density at radius 1 is 1.31 bits per heavy atom. The molecule has 0 nitrogen and oxygen atoms in total. The van der Waals surface area contributed by atoms with Gasteiger partial charge in [0, 0.05) is 0 Å². The first-order chi connectivity index (χ1) is 5.80. The second-order valence-corrected chi connectivity index (χ2v) is 2.90. The van der Waals surface area contributed by atoms with E-state index in [1.807, 2.05) is 12.2 Å². The molecule has 0 radical (unpaired) electrons. The Morgan fingerprint density at radius 2 is 2.08 bits per heavy atom. The van der Waals surface area contributed by atoms with E-state index in [1.165, 1.54) is 11.1 Å². The molecule has 0 bridgehead atoms. The summed E-state index contributed by atoms with van der Waals surface area (Å²) >= 11 is 0. The predicted molar refractivity (Wildman–Crippen MR) is 54.6 cm³/mol. The van der Waals surface area contributed by atoms with E-state index in [0.717, 1.165) is 12.8 Å². The monoisotopic (exact) mass is 250 g/mol. The number of rotatable bonds is 0. The van der Waals surface area contributed by atoms with Crippen molar-refractivity contribution in [1.82, 2.24) is 0 Å². The van der Waals surface area contributed by atoms with Crippen molar-refractivity contribution in [3.63, 3.8) is 0 Å². The van der Waals surface area contributed by atoms with Gasteiger partial charge in [-0.05, 0) is 0 Å². The second kappa shape index (κ2) is 7.27. The van der Waals surface area contributed by atoms with Gasteiger partial charge in [0.1, 0.15) is 0 Å². The standard InChI is InChI=1S/C7H9.C5H5.Zr.2H/c1-6-4-3-5-7(6)2;1-2-4-5-3-1;;;/h4H,3H2,1-2H3;1-3H,4H2;;;/q2*-1;+4;2*-1. The summed E-state index contributed by atoms with van der Waals surface area (Å²) in [6, 6.07) is 0. The van der Waals surface area contributed by atoms with Gasteiger partial charge in [-0.3, -0.25) is 12.2 Å². The topological polar surface area (TPSA) is 0 Å². The maximum atomic E-state index is 3.19. The van der Waals surface area contributed by atoms with Crippen molar-refractivity contribution in [3.05, 3.63) is 47.6 Å². The van der Waals surface area contributed by atoms with Crippen LogP contribution in [0.4, 0.5) is 0 Å². The van der Waals surface area contributed by atoms with Crippen LogP contribution in [0.1, 0.15) is 29.5 Å². The SMILES string of the molecule is CC1=[C-]CC=C1C.[C-]1=CC=CC1.[H-].[H-].[Zr+4]. The molecule has 1 heteroatoms. The maximum absolute atomic E-state index is 3.19. The van der Waals surface area contributed by atoms with Gasteiger partial charge in [0.2, 0.25) is 0 Å². The molecule has 2 aliphatic carbocycles. The molecule has 0 saturated heterocycles. The first-order valence-electron chi connectivity index (χ1n) is 4.27. The van der Waals surface area contributed by atoms with Crippen LogP contribution in [0.2, 0.25) is 0 Å². The summed E-state index contributed by atoms with van der Waals surface area (Å²) in [4.78, 5) is 0. The third kappa shape index (κ3) is 5.21. The molecule has 0 unspecified atom stereocenters. The van der Waals surface area contributed by atoms with Crippen LogP contribution in [0.25, 0.3) is 0 Å². The largest absolute Gasteiger partial charge is 4.00 e. The van der Waals surface area contributed by atoms with E-state index in [4.69, 9.17) is 0 Å². The Labute approximate surface area is 103 Å². The minimum atomic E-state index is 0. The maximum Gasteiger partial charge on any atom is 4.00 e. The fraction of sp³-hybridized carbons (Fsp3) is 0.333. The van der Waals surface area contributed by atoms with Crippen LogP contribution < -0.4 is 0 Å². The van der Waals surface area contributed by atoms with Crippen molar-refractivity contribution < 1.29 is 29.1 Å². The molecule has 2 rings (SSSR count). The van der Waals surface area contributed by atoms with Gasteiger partial charge in [0.15, 0.2) is 0 Å². The van der Waals surface area contributed by atoms with Crippen LogP contribution >= 0.6 is 0 Å². The molecule has 0 spiro atoms. The van der Waals surface area contributed by atoms with Crippen LogP contribution in [0.15, 0.2) is 35.5 Å². The normalized spacial score (nSPS) is 17.1. The van der Waals surface area contributed by atoms with E-state index in [1.54, 1.807) is 0 Å². The molecule has 0 heterocycles. The Morgan fingerprint density at radius 3 is 2.23 bits per heavy atom. The third-order valence-electron chi connectivity index (χ3n) is 1.95. The van der Waals surface area contributed by atoms with Crippen molar-refractivity contribution in [2.75, 3.05) is 0 Å². The minimum absolute atomic E-state index is 0. The van der Waals surface area contributed by atoms with Crippen LogP contribution in [0.3, 0.4) is 0 Å². The van der Waals surface area contributed by atoms with Crippen molar-refractivity contribution in [2.24, 2.45) is 0 Å². The van der Waals surface area contributed by atoms with Crippen LogP contribution in [0.5, 0.6) is 0 Å². The van der Waals surface area contributed by atoms with Gasteiger partial charge in [-0.1, -0.05) is 6.92 Å². The summed E-state index contributed by atoms with van der Waals surface area (Å²) in [7, 11) is 0. The number of allylic oxidation sites excluding steroid dienone is 8. The van der Waals surface area contributed by atoms with Gasteiger partial charge in [-0.15, -0.1) is 19.8 Å². The second-order valence-electron chi connectivity index (χ2n) is 2.90. The molecule has 0 N–H and O–H groups in total. The summed E-state index contributed by atoms with van der Waals surface area (Å²) < 4.78 is 0. The quantitative estimate of drug-likeness (QED) is 0.577. The van der Waals surface area contributed by atoms with E-state index in [-0.39, 0.29) is 29.1 Å². The number of hydrogen-bond donors (Lipinski definition) is 0. The van der Waals surface area contributed by atoms with E-state index >= 15 is 0 Å². The first kappa shape index (κ1) is 12.8. The van der Waals surface area contributed by atoms with Crippen LogP contribution in [-0.2, 0) is 26.2 Å². The molecule has 0 aromatic rings. The molecule has 0 aliphatic heterocycles. The molecule has 0 aromatic heterocycles. The summed E-state index contributed by atoms with van der Waals surface area (Å²) in [6.07, 6.45) is 16.4. The molecular weight excluding hydrogens is 235 g/mol. The first-order valence-corrected chi connectivity index (χ1v) is 4.27. The Balaban J connectivity index is -0.000000165. The summed E-state index contributed by atoms with van der Waals surface area (Å²) in [6.45, 7) is 4.22. The van der Waals surface area contributed by atoms with Crippen molar-refractivity contribution in [1.29, 1.82) is 0 Å². The molecule has 68 valence electrons. The van der Waals surface area contributed by atoms with E-state index in [9.17, 15) is 0 Å². The van der Waals surface area contributed by atoms with Crippen LogP contribution in [0, 0.1) is 12.2 Å². The summed E-state index contributed by atoms with van der Waals surface area (Å²) in [5, 5.41) is 0. The zero-order valence-electron chi connectivity index (χ0n) is 10.2. The fourth-order valence-corrected chi connectivity index (χ4v) is 0.990. The minimum Gasteiger partial charge on any atom is -1.00 e. The molecule has 0 amide bonds. The van der Waals surface area contributed by atoms with Gasteiger partial charge in [-0.2, -0.15) is 12.2 Å². The zero-order chi connectivity index (χ0) is 8.81. The third-order valence-corrected chi connectivity index (χ3v) is 1.95. The van der Waals surface area contributed by atoms with Gasteiger partial charge in [-0.25, -0.2) is 23.3 Å². The Bertz CT molecular complexity index is 237.